The molecular formula is C11H20N4OS. The van der Waals surface area contributed by atoms with E-state index in [9.17, 15) is 0 Å². The maximum Gasteiger partial charge on any atom is 0.140 e. The molecule has 0 aliphatic heterocycles. The number of nitrogens with zero attached hydrogens (tertiary/aromatic N) is 3. The van der Waals surface area contributed by atoms with Crippen molar-refractivity contribution in [2.45, 2.75) is 33.7 Å². The van der Waals surface area contributed by atoms with Crippen molar-refractivity contribution < 1.29 is 5.21 Å². The normalized spacial score (nSPS) is 12.4. The fourth-order valence-electron chi connectivity index (χ4n) is 1.47. The summed E-state index contributed by atoms with van der Waals surface area (Å²) in [6, 6.07) is 0. The molecule has 0 saturated carbocycles. The lowest BCUT2D eigenvalue weighted by atomic mass is 10.3. The Balaban J connectivity index is 2.52. The van der Waals surface area contributed by atoms with E-state index in [2.05, 4.69) is 28.9 Å². The Morgan fingerprint density at radius 2 is 2.24 bits per heavy atom. The van der Waals surface area contributed by atoms with Gasteiger partial charge in [-0.2, -0.15) is 0 Å². The van der Waals surface area contributed by atoms with Gasteiger partial charge in [0.05, 0.1) is 12.2 Å². The molecule has 0 spiro atoms. The molecule has 5 nitrogen and oxygen atoms in total. The summed E-state index contributed by atoms with van der Waals surface area (Å²) in [5.74, 6) is 0.273. The van der Waals surface area contributed by atoms with Crippen LogP contribution in [0.25, 0.3) is 0 Å². The van der Waals surface area contributed by atoms with Gasteiger partial charge in [-0.25, -0.2) is 4.98 Å². The molecule has 0 aromatic carbocycles. The number of hydrogen-bond donors (Lipinski definition) is 2. The van der Waals surface area contributed by atoms with Crippen LogP contribution >= 0.6 is 11.3 Å². The summed E-state index contributed by atoms with van der Waals surface area (Å²) in [5.41, 5.74) is 6.57. The number of nitrogens with two attached hydrogens (primary N) is 1. The quantitative estimate of drug-likeness (QED) is 0.352. The highest BCUT2D eigenvalue weighted by Crippen LogP contribution is 2.18. The second kappa shape index (κ2) is 6.56. The Morgan fingerprint density at radius 3 is 2.71 bits per heavy atom. The maximum atomic E-state index is 8.48. The topological polar surface area (TPSA) is 74.7 Å². The van der Waals surface area contributed by atoms with E-state index in [1.165, 1.54) is 4.88 Å². The molecular weight excluding hydrogens is 236 g/mol. The highest BCUT2D eigenvalue weighted by molar-refractivity contribution is 7.11. The molecule has 0 fully saturated rings. The highest BCUT2D eigenvalue weighted by atomic mass is 32.1. The van der Waals surface area contributed by atoms with Gasteiger partial charge in [-0.3, -0.25) is 4.90 Å². The van der Waals surface area contributed by atoms with Crippen LogP contribution in [0.5, 0.6) is 0 Å². The smallest absolute Gasteiger partial charge is 0.140 e. The average molecular weight is 256 g/mol. The summed E-state index contributed by atoms with van der Waals surface area (Å²) in [7, 11) is 0. The molecule has 0 radical (unpaired) electrons. The predicted molar refractivity (Wildman–Crippen MR) is 70.6 cm³/mol. The third-order valence-electron chi connectivity index (χ3n) is 2.69. The molecule has 17 heavy (non-hydrogen) atoms. The molecule has 1 aromatic heterocycles. The van der Waals surface area contributed by atoms with Crippen molar-refractivity contribution in [3.8, 4) is 0 Å². The number of hydrogen-bond acceptors (Lipinski definition) is 5. The van der Waals surface area contributed by atoms with Gasteiger partial charge in [-0.15, -0.1) is 11.3 Å². The minimum atomic E-state index is 0.273. The van der Waals surface area contributed by atoms with Crippen molar-refractivity contribution in [3.63, 3.8) is 0 Å². The van der Waals surface area contributed by atoms with Gasteiger partial charge in [-0.1, -0.05) is 12.1 Å². The van der Waals surface area contributed by atoms with Crippen LogP contribution in [0.3, 0.4) is 0 Å². The van der Waals surface area contributed by atoms with Gasteiger partial charge in [0.15, 0.2) is 0 Å². The fourth-order valence-corrected chi connectivity index (χ4v) is 2.45. The zero-order valence-electron chi connectivity index (χ0n) is 10.6. The van der Waals surface area contributed by atoms with Crippen molar-refractivity contribution >= 4 is 17.2 Å². The van der Waals surface area contributed by atoms with Gasteiger partial charge in [0.2, 0.25) is 0 Å². The van der Waals surface area contributed by atoms with Crippen LogP contribution in [0.4, 0.5) is 0 Å². The van der Waals surface area contributed by atoms with Crippen molar-refractivity contribution in [2.75, 3.05) is 13.1 Å². The Morgan fingerprint density at radius 1 is 1.53 bits per heavy atom. The number of oxime groups is 1. The number of thiazole rings is 1. The summed E-state index contributed by atoms with van der Waals surface area (Å²) in [4.78, 5) is 8.01. The Labute approximate surface area is 106 Å². The van der Waals surface area contributed by atoms with Crippen LogP contribution in [-0.4, -0.2) is 34.0 Å². The zero-order chi connectivity index (χ0) is 12.8. The molecule has 0 aliphatic carbocycles. The van der Waals surface area contributed by atoms with E-state index in [1.54, 1.807) is 11.3 Å². The number of amidine groups is 1. The molecule has 0 amide bonds. The van der Waals surface area contributed by atoms with Crippen LogP contribution in [0.15, 0.2) is 5.16 Å². The summed E-state index contributed by atoms with van der Waals surface area (Å²) in [6.45, 7) is 8.75. The van der Waals surface area contributed by atoms with E-state index < -0.39 is 0 Å². The number of aromatic nitrogens is 1. The maximum absolute atomic E-state index is 8.48. The monoisotopic (exact) mass is 256 g/mol. The van der Waals surface area contributed by atoms with E-state index >= 15 is 0 Å². The minimum Gasteiger partial charge on any atom is -0.409 e. The first-order chi connectivity index (χ1) is 8.06. The number of aryl methyl sites for hydroxylation is 2. The summed E-state index contributed by atoms with van der Waals surface area (Å²) in [6.07, 6.45) is 0.577. The third-order valence-corrected chi connectivity index (χ3v) is 3.75. The van der Waals surface area contributed by atoms with E-state index in [-0.39, 0.29) is 5.84 Å². The lowest BCUT2D eigenvalue weighted by Crippen LogP contribution is -2.27. The molecule has 0 atom stereocenters. The largest absolute Gasteiger partial charge is 0.409 e. The SMILES string of the molecule is CCN(CCC(N)=NO)Cc1nc(C)c(C)s1. The van der Waals surface area contributed by atoms with E-state index in [0.717, 1.165) is 30.3 Å². The second-order valence-corrected chi connectivity index (χ2v) is 5.25. The second-order valence-electron chi connectivity index (χ2n) is 3.96. The first-order valence-electron chi connectivity index (χ1n) is 5.68. The van der Waals surface area contributed by atoms with Crippen molar-refractivity contribution in [2.24, 2.45) is 10.9 Å². The zero-order valence-corrected chi connectivity index (χ0v) is 11.4. The van der Waals surface area contributed by atoms with Gasteiger partial charge in [0, 0.05) is 17.8 Å². The highest BCUT2D eigenvalue weighted by Gasteiger charge is 2.09. The molecule has 0 bridgehead atoms. The van der Waals surface area contributed by atoms with Crippen LogP contribution < -0.4 is 5.73 Å². The Kier molecular flexibility index (Phi) is 5.37. The predicted octanol–water partition coefficient (Wildman–Crippen LogP) is 1.72. The summed E-state index contributed by atoms with van der Waals surface area (Å²) >= 11 is 1.73. The molecule has 1 rings (SSSR count). The van der Waals surface area contributed by atoms with Gasteiger partial charge >= 0.3 is 0 Å². The molecule has 1 heterocycles. The number of rotatable bonds is 6. The van der Waals surface area contributed by atoms with Crippen LogP contribution in [0.2, 0.25) is 0 Å². The molecule has 0 aliphatic rings. The molecule has 6 heteroatoms. The van der Waals surface area contributed by atoms with Crippen LogP contribution in [-0.2, 0) is 6.54 Å². The van der Waals surface area contributed by atoms with E-state index in [4.69, 9.17) is 10.9 Å². The fraction of sp³-hybridized carbons (Fsp3) is 0.636. The van der Waals surface area contributed by atoms with Crippen molar-refractivity contribution in [1.82, 2.24) is 9.88 Å². The van der Waals surface area contributed by atoms with Crippen molar-refractivity contribution in [3.05, 3.63) is 15.6 Å². The Hall–Kier alpha value is -1.14. The molecule has 96 valence electrons. The lowest BCUT2D eigenvalue weighted by molar-refractivity contribution is 0.282. The first-order valence-corrected chi connectivity index (χ1v) is 6.50. The molecule has 3 N–H and O–H groups in total. The minimum absolute atomic E-state index is 0.273. The summed E-state index contributed by atoms with van der Waals surface area (Å²) in [5, 5.41) is 12.6. The van der Waals surface area contributed by atoms with E-state index in [0.29, 0.717) is 6.42 Å². The molecule has 0 unspecified atom stereocenters. The van der Waals surface area contributed by atoms with Gasteiger partial charge in [-0.05, 0) is 20.4 Å². The first kappa shape index (κ1) is 13.9. The van der Waals surface area contributed by atoms with Crippen LogP contribution in [0.1, 0.15) is 28.9 Å². The van der Waals surface area contributed by atoms with E-state index in [1.807, 2.05) is 6.92 Å². The third kappa shape index (κ3) is 4.32. The van der Waals surface area contributed by atoms with Gasteiger partial charge in [0.25, 0.3) is 0 Å². The Bertz CT molecular complexity index is 369. The lowest BCUT2D eigenvalue weighted by Gasteiger charge is -2.18. The van der Waals surface area contributed by atoms with Crippen molar-refractivity contribution in [1.29, 1.82) is 0 Å². The average Bonchev–Trinajstić information content (AvgIpc) is 2.63. The van der Waals surface area contributed by atoms with Gasteiger partial charge in [0.1, 0.15) is 10.8 Å². The standard InChI is InChI=1S/C11H20N4OS/c1-4-15(6-5-10(12)14-16)7-11-13-8(2)9(3)17-11/h16H,4-7H2,1-3H3,(H2,12,14). The van der Waals surface area contributed by atoms with Gasteiger partial charge < -0.3 is 10.9 Å². The van der Waals surface area contributed by atoms with Crippen LogP contribution in [0, 0.1) is 13.8 Å². The molecule has 0 saturated heterocycles. The molecule has 1 aromatic rings. The summed E-state index contributed by atoms with van der Waals surface area (Å²) < 4.78 is 0.